The molecule has 1 saturated heterocycles. The summed E-state index contributed by atoms with van der Waals surface area (Å²) < 4.78 is 5.47. The molecule has 6 nitrogen and oxygen atoms in total. The van der Waals surface area contributed by atoms with E-state index in [4.69, 9.17) is 4.52 Å². The van der Waals surface area contributed by atoms with Crippen molar-refractivity contribution in [3.63, 3.8) is 0 Å². The van der Waals surface area contributed by atoms with Gasteiger partial charge >= 0.3 is 0 Å². The van der Waals surface area contributed by atoms with Crippen LogP contribution in [0.25, 0.3) is 11.5 Å². The summed E-state index contributed by atoms with van der Waals surface area (Å²) in [5.74, 6) is 1.74. The van der Waals surface area contributed by atoms with Crippen molar-refractivity contribution >= 4 is 5.91 Å². The molecular weight excluding hydrogens is 328 g/mol. The average molecular weight is 356 g/mol. The molecular formula is C20H28N4O2. The topological polar surface area (TPSA) is 71.3 Å². The summed E-state index contributed by atoms with van der Waals surface area (Å²) in [6.45, 7) is 7.53. The van der Waals surface area contributed by atoms with E-state index in [1.54, 1.807) is 6.20 Å². The Bertz CT molecular complexity index is 697. The molecule has 1 aliphatic heterocycles. The Balaban J connectivity index is 1.65. The van der Waals surface area contributed by atoms with Gasteiger partial charge in [-0.3, -0.25) is 9.78 Å². The molecule has 1 aliphatic rings. The zero-order chi connectivity index (χ0) is 18.4. The number of aromatic nitrogens is 2. The van der Waals surface area contributed by atoms with Crippen molar-refractivity contribution in [2.75, 3.05) is 26.2 Å². The summed E-state index contributed by atoms with van der Waals surface area (Å²) in [6.07, 6.45) is 4.22. The van der Waals surface area contributed by atoms with Gasteiger partial charge in [-0.2, -0.15) is 0 Å². The Morgan fingerprint density at radius 2 is 2.15 bits per heavy atom. The lowest BCUT2D eigenvalue weighted by Crippen LogP contribution is -2.41. The van der Waals surface area contributed by atoms with Crippen LogP contribution in [0.5, 0.6) is 0 Å². The van der Waals surface area contributed by atoms with E-state index in [1.165, 1.54) is 0 Å². The summed E-state index contributed by atoms with van der Waals surface area (Å²) in [6, 6.07) is 7.70. The van der Waals surface area contributed by atoms with Crippen LogP contribution in [-0.4, -0.2) is 47.1 Å². The van der Waals surface area contributed by atoms with Crippen LogP contribution < -0.4 is 5.32 Å². The van der Waals surface area contributed by atoms with Crippen molar-refractivity contribution in [2.24, 2.45) is 11.8 Å². The third-order valence-corrected chi connectivity index (χ3v) is 5.27. The molecule has 0 aliphatic carbocycles. The third-order valence-electron chi connectivity index (χ3n) is 5.27. The molecule has 3 rings (SSSR count). The van der Waals surface area contributed by atoms with E-state index in [1.807, 2.05) is 43.0 Å². The minimum atomic E-state index is 0.265. The van der Waals surface area contributed by atoms with E-state index in [0.29, 0.717) is 24.0 Å². The number of rotatable bonds is 7. The first kappa shape index (κ1) is 18.6. The van der Waals surface area contributed by atoms with Gasteiger partial charge in [0.1, 0.15) is 5.69 Å². The van der Waals surface area contributed by atoms with Crippen molar-refractivity contribution in [3.05, 3.63) is 36.2 Å². The van der Waals surface area contributed by atoms with Crippen LogP contribution in [0.1, 0.15) is 32.4 Å². The molecule has 1 N–H and O–H groups in total. The number of carbonyl (C=O) groups excluding carboxylic acids is 1. The molecule has 140 valence electrons. The second-order valence-electron chi connectivity index (χ2n) is 6.88. The van der Waals surface area contributed by atoms with Gasteiger partial charge in [0.05, 0.1) is 5.69 Å². The summed E-state index contributed by atoms with van der Waals surface area (Å²) in [5, 5.41) is 7.69. The quantitative estimate of drug-likeness (QED) is 0.826. The number of pyridine rings is 1. The molecule has 0 saturated carbocycles. The highest BCUT2D eigenvalue weighted by Crippen LogP contribution is 2.28. The zero-order valence-electron chi connectivity index (χ0n) is 15.6. The van der Waals surface area contributed by atoms with E-state index in [-0.39, 0.29) is 5.91 Å². The fourth-order valence-corrected chi connectivity index (χ4v) is 3.72. The Labute approximate surface area is 155 Å². The van der Waals surface area contributed by atoms with Gasteiger partial charge in [-0.25, -0.2) is 0 Å². The molecule has 1 fully saturated rings. The molecule has 0 bridgehead atoms. The number of piperidine rings is 1. The lowest BCUT2D eigenvalue weighted by Gasteiger charge is -2.32. The van der Waals surface area contributed by atoms with E-state index >= 15 is 0 Å². The van der Waals surface area contributed by atoms with Gasteiger partial charge in [0.15, 0.2) is 5.76 Å². The molecule has 6 heteroatoms. The first-order valence-corrected chi connectivity index (χ1v) is 9.56. The van der Waals surface area contributed by atoms with Crippen LogP contribution in [0.4, 0.5) is 0 Å². The Morgan fingerprint density at radius 3 is 2.88 bits per heavy atom. The van der Waals surface area contributed by atoms with Crippen LogP contribution in [0, 0.1) is 11.8 Å². The maximum absolute atomic E-state index is 12.5. The van der Waals surface area contributed by atoms with Crippen molar-refractivity contribution < 1.29 is 9.32 Å². The highest BCUT2D eigenvalue weighted by molar-refractivity contribution is 5.76. The van der Waals surface area contributed by atoms with Crippen LogP contribution >= 0.6 is 0 Å². The predicted molar refractivity (Wildman–Crippen MR) is 100 cm³/mol. The molecule has 0 radical (unpaired) electrons. The Morgan fingerprint density at radius 1 is 1.31 bits per heavy atom. The second-order valence-corrected chi connectivity index (χ2v) is 6.88. The monoisotopic (exact) mass is 356 g/mol. The van der Waals surface area contributed by atoms with E-state index < -0.39 is 0 Å². The number of nitrogens with one attached hydrogen (secondary N) is 1. The zero-order valence-corrected chi connectivity index (χ0v) is 15.6. The first-order valence-electron chi connectivity index (χ1n) is 9.56. The van der Waals surface area contributed by atoms with Gasteiger partial charge < -0.3 is 14.7 Å². The molecule has 2 aromatic heterocycles. The number of hydrogen-bond acceptors (Lipinski definition) is 5. The maximum Gasteiger partial charge on any atom is 0.222 e. The normalized spacial score (nSPS) is 20.1. The smallest absolute Gasteiger partial charge is 0.222 e. The minimum Gasteiger partial charge on any atom is -0.354 e. The van der Waals surface area contributed by atoms with Gasteiger partial charge in [0.25, 0.3) is 0 Å². The van der Waals surface area contributed by atoms with Crippen molar-refractivity contribution in [1.82, 2.24) is 20.4 Å². The predicted octanol–water partition coefficient (Wildman–Crippen LogP) is 2.76. The fourth-order valence-electron chi connectivity index (χ4n) is 3.72. The van der Waals surface area contributed by atoms with E-state index in [0.717, 1.165) is 50.4 Å². The molecule has 26 heavy (non-hydrogen) atoms. The molecule has 0 unspecified atom stereocenters. The fraction of sp³-hybridized carbons (Fsp3) is 0.550. The van der Waals surface area contributed by atoms with Crippen LogP contribution in [-0.2, 0) is 11.2 Å². The number of carbonyl (C=O) groups is 1. The lowest BCUT2D eigenvalue weighted by molar-refractivity contribution is -0.132. The van der Waals surface area contributed by atoms with Gasteiger partial charge in [-0.15, -0.1) is 0 Å². The average Bonchev–Trinajstić information content (AvgIpc) is 3.14. The molecule has 2 aromatic rings. The Hall–Kier alpha value is -2.21. The number of hydrogen-bond donors (Lipinski definition) is 1. The summed E-state index contributed by atoms with van der Waals surface area (Å²) in [5.41, 5.74) is 1.72. The van der Waals surface area contributed by atoms with Gasteiger partial charge in [-0.05, 0) is 63.7 Å². The number of amides is 1. The standard InChI is InChI=1S/C20H28N4O2/c1-3-24(4-2)20(25)12-15-8-10-21-14-16(15)11-17-13-19(26-23-17)18-7-5-6-9-22-18/h5-7,9,13,15-16,21H,3-4,8,10-12,14H2,1-2H3/t15-,16-/m0/s1. The maximum atomic E-state index is 12.5. The summed E-state index contributed by atoms with van der Waals surface area (Å²) >= 11 is 0. The van der Waals surface area contributed by atoms with E-state index in [2.05, 4.69) is 15.5 Å². The summed E-state index contributed by atoms with van der Waals surface area (Å²) in [7, 11) is 0. The van der Waals surface area contributed by atoms with Gasteiger partial charge in [0, 0.05) is 31.8 Å². The highest BCUT2D eigenvalue weighted by Gasteiger charge is 2.29. The molecule has 0 spiro atoms. The molecule has 1 amide bonds. The van der Waals surface area contributed by atoms with Crippen molar-refractivity contribution in [3.8, 4) is 11.5 Å². The molecule has 2 atom stereocenters. The minimum absolute atomic E-state index is 0.265. The Kier molecular flexibility index (Phi) is 6.39. The van der Waals surface area contributed by atoms with Crippen molar-refractivity contribution in [2.45, 2.75) is 33.1 Å². The summed E-state index contributed by atoms with van der Waals surface area (Å²) in [4.78, 5) is 18.8. The molecule has 3 heterocycles. The highest BCUT2D eigenvalue weighted by atomic mass is 16.5. The van der Waals surface area contributed by atoms with Gasteiger partial charge in [0.2, 0.25) is 5.91 Å². The van der Waals surface area contributed by atoms with E-state index in [9.17, 15) is 4.79 Å². The third kappa shape index (κ3) is 4.49. The van der Waals surface area contributed by atoms with Crippen molar-refractivity contribution in [1.29, 1.82) is 0 Å². The first-order chi connectivity index (χ1) is 12.7. The SMILES string of the molecule is CCN(CC)C(=O)C[C@@H]1CCNC[C@@H]1Cc1cc(-c2ccccn2)on1. The molecule has 0 aromatic carbocycles. The lowest BCUT2D eigenvalue weighted by atomic mass is 9.81. The second kappa shape index (κ2) is 8.94. The van der Waals surface area contributed by atoms with Crippen LogP contribution in [0.2, 0.25) is 0 Å². The van der Waals surface area contributed by atoms with Gasteiger partial charge in [-0.1, -0.05) is 11.2 Å². The van der Waals surface area contributed by atoms with Crippen LogP contribution in [0.3, 0.4) is 0 Å². The largest absolute Gasteiger partial charge is 0.354 e. The van der Waals surface area contributed by atoms with Crippen LogP contribution in [0.15, 0.2) is 35.0 Å². The number of nitrogens with zero attached hydrogens (tertiary/aromatic N) is 3.